The number of hydrogen-bond acceptors (Lipinski definition) is 3. The summed E-state index contributed by atoms with van der Waals surface area (Å²) < 4.78 is 0. The van der Waals surface area contributed by atoms with Gasteiger partial charge < -0.3 is 5.11 Å². The number of aromatic hydroxyl groups is 1. The van der Waals surface area contributed by atoms with E-state index in [-0.39, 0.29) is 10.8 Å². The van der Waals surface area contributed by atoms with Crippen LogP contribution >= 0.6 is 11.3 Å². The highest BCUT2D eigenvalue weighted by Crippen LogP contribution is 2.41. The fourth-order valence-electron chi connectivity index (χ4n) is 2.37. The molecule has 0 saturated heterocycles. The first kappa shape index (κ1) is 16.0. The van der Waals surface area contributed by atoms with Crippen LogP contribution in [0.3, 0.4) is 0 Å². The maximum Gasteiger partial charge on any atom is 0.123 e. The number of benzene rings is 1. The quantitative estimate of drug-likeness (QED) is 0.776. The predicted octanol–water partition coefficient (Wildman–Crippen LogP) is 5.29. The van der Waals surface area contributed by atoms with Crippen LogP contribution in [0.2, 0.25) is 0 Å². The smallest absolute Gasteiger partial charge is 0.123 e. The number of phenols is 1. The Morgan fingerprint density at radius 1 is 1.00 bits per heavy atom. The molecule has 113 valence electrons. The third-order valence-corrected chi connectivity index (χ3v) is 4.28. The lowest BCUT2D eigenvalue weighted by molar-refractivity contribution is 0.423. The fraction of sp³-hybridized carbons (Fsp3) is 0.444. The zero-order valence-electron chi connectivity index (χ0n) is 13.7. The third kappa shape index (κ3) is 3.29. The first-order valence-corrected chi connectivity index (χ1v) is 8.04. The third-order valence-electron chi connectivity index (χ3n) is 3.57. The average Bonchev–Trinajstić information content (AvgIpc) is 2.73. The summed E-state index contributed by atoms with van der Waals surface area (Å²) in [5.74, 6) is 0.406. The van der Waals surface area contributed by atoms with Crippen LogP contribution < -0.4 is 0 Å². The van der Waals surface area contributed by atoms with Crippen molar-refractivity contribution in [2.45, 2.75) is 52.4 Å². The largest absolute Gasteiger partial charge is 0.507 e. The maximum atomic E-state index is 10.7. The van der Waals surface area contributed by atoms with Crippen LogP contribution in [0.15, 0.2) is 17.5 Å². The lowest BCUT2D eigenvalue weighted by Gasteiger charge is -2.28. The van der Waals surface area contributed by atoms with Gasteiger partial charge in [0.2, 0.25) is 0 Å². The second-order valence-electron chi connectivity index (χ2n) is 7.55. The molecule has 0 aliphatic rings. The number of rotatable bonds is 1. The summed E-state index contributed by atoms with van der Waals surface area (Å²) in [7, 11) is 0. The molecule has 0 aliphatic heterocycles. The van der Waals surface area contributed by atoms with Crippen LogP contribution in [0, 0.1) is 6.92 Å². The van der Waals surface area contributed by atoms with Crippen LogP contribution in [0.25, 0.3) is 11.3 Å². The molecule has 1 radical (unpaired) electrons. The lowest BCUT2D eigenvalue weighted by atomic mass is 9.78. The zero-order valence-corrected chi connectivity index (χ0v) is 14.6. The van der Waals surface area contributed by atoms with E-state index < -0.39 is 0 Å². The van der Waals surface area contributed by atoms with E-state index in [1.807, 2.05) is 5.38 Å². The van der Waals surface area contributed by atoms with Crippen molar-refractivity contribution in [3.05, 3.63) is 40.6 Å². The molecule has 0 bridgehead atoms. The maximum absolute atomic E-state index is 10.7. The zero-order chi connectivity index (χ0) is 16.0. The summed E-state index contributed by atoms with van der Waals surface area (Å²) in [5, 5.41) is 13.5. The van der Waals surface area contributed by atoms with Gasteiger partial charge in [-0.25, -0.2) is 4.98 Å². The number of hydrogen-bond donors (Lipinski definition) is 1. The van der Waals surface area contributed by atoms with Gasteiger partial charge in [0.1, 0.15) is 5.75 Å². The molecule has 0 atom stereocenters. The molecule has 21 heavy (non-hydrogen) atoms. The van der Waals surface area contributed by atoms with Crippen molar-refractivity contribution in [1.29, 1.82) is 0 Å². The van der Waals surface area contributed by atoms with E-state index >= 15 is 0 Å². The monoisotopic (exact) mass is 302 g/mol. The summed E-state index contributed by atoms with van der Waals surface area (Å²) in [4.78, 5) is 4.48. The molecule has 2 nitrogen and oxygen atoms in total. The standard InChI is InChI=1S/C18H24NOS/c1-11-19-15(10-21-11)12-8-13(17(2,3)4)16(20)14(9-12)18(5,6)7/h8-10,20H,1H2,2-7H3. The molecule has 0 aliphatic carbocycles. The van der Waals surface area contributed by atoms with Gasteiger partial charge in [-0.15, -0.1) is 11.3 Å². The summed E-state index contributed by atoms with van der Waals surface area (Å²) in [6.07, 6.45) is 0. The molecule has 0 unspecified atom stereocenters. The molecular weight excluding hydrogens is 278 g/mol. The number of thiazole rings is 1. The second-order valence-corrected chi connectivity index (χ2v) is 8.49. The summed E-state index contributed by atoms with van der Waals surface area (Å²) in [6.45, 7) is 16.6. The summed E-state index contributed by atoms with van der Waals surface area (Å²) >= 11 is 1.55. The fourth-order valence-corrected chi connectivity index (χ4v) is 2.96. The Morgan fingerprint density at radius 3 is 1.81 bits per heavy atom. The number of aromatic nitrogens is 1. The molecule has 0 saturated carbocycles. The summed E-state index contributed by atoms with van der Waals surface area (Å²) in [5.41, 5.74) is 3.66. The Balaban J connectivity index is 2.74. The molecule has 1 heterocycles. The van der Waals surface area contributed by atoms with Crippen LogP contribution in [0.4, 0.5) is 0 Å². The van der Waals surface area contributed by atoms with E-state index in [2.05, 4.69) is 65.6 Å². The van der Waals surface area contributed by atoms with Crippen LogP contribution in [0.1, 0.15) is 57.7 Å². The predicted molar refractivity (Wildman–Crippen MR) is 91.1 cm³/mol. The minimum Gasteiger partial charge on any atom is -0.507 e. The van der Waals surface area contributed by atoms with Gasteiger partial charge in [0, 0.05) is 29.0 Å². The second kappa shape index (κ2) is 5.13. The minimum absolute atomic E-state index is 0.122. The van der Waals surface area contributed by atoms with Crippen LogP contribution in [-0.4, -0.2) is 10.1 Å². The van der Waals surface area contributed by atoms with E-state index in [4.69, 9.17) is 0 Å². The molecule has 1 N–H and O–H groups in total. The molecule has 1 aromatic carbocycles. The SMILES string of the molecule is [CH2]c1nc(-c2cc(C(C)(C)C)c(O)c(C(C)(C)C)c2)cs1. The Labute approximate surface area is 131 Å². The Morgan fingerprint density at radius 2 is 1.48 bits per heavy atom. The van der Waals surface area contributed by atoms with Crippen molar-refractivity contribution in [1.82, 2.24) is 4.98 Å². The van der Waals surface area contributed by atoms with E-state index in [0.717, 1.165) is 27.4 Å². The topological polar surface area (TPSA) is 33.1 Å². The van der Waals surface area contributed by atoms with E-state index in [1.165, 1.54) is 0 Å². The molecule has 3 heteroatoms. The Kier molecular flexibility index (Phi) is 3.92. The van der Waals surface area contributed by atoms with Gasteiger partial charge >= 0.3 is 0 Å². The van der Waals surface area contributed by atoms with Gasteiger partial charge in [0.15, 0.2) is 0 Å². The molecule has 2 aromatic rings. The highest BCUT2D eigenvalue weighted by molar-refractivity contribution is 7.10. The Hall–Kier alpha value is -1.35. The van der Waals surface area contributed by atoms with Crippen LogP contribution in [0.5, 0.6) is 5.75 Å². The van der Waals surface area contributed by atoms with Crippen molar-refractivity contribution < 1.29 is 5.11 Å². The van der Waals surface area contributed by atoms with Crippen molar-refractivity contribution in [3.63, 3.8) is 0 Å². The van der Waals surface area contributed by atoms with E-state index in [0.29, 0.717) is 5.75 Å². The summed E-state index contributed by atoms with van der Waals surface area (Å²) in [6, 6.07) is 4.11. The van der Waals surface area contributed by atoms with Crippen molar-refractivity contribution in [2.24, 2.45) is 0 Å². The van der Waals surface area contributed by atoms with Crippen molar-refractivity contribution in [2.75, 3.05) is 0 Å². The Bertz CT molecular complexity index is 622. The van der Waals surface area contributed by atoms with Gasteiger partial charge in [-0.1, -0.05) is 41.5 Å². The molecular formula is C18H24NOS. The average molecular weight is 302 g/mol. The minimum atomic E-state index is -0.122. The van der Waals surface area contributed by atoms with Gasteiger partial charge in [-0.3, -0.25) is 0 Å². The highest BCUT2D eigenvalue weighted by atomic mass is 32.1. The highest BCUT2D eigenvalue weighted by Gasteiger charge is 2.27. The molecule has 1 aromatic heterocycles. The van der Waals surface area contributed by atoms with Gasteiger partial charge in [-0.2, -0.15) is 0 Å². The van der Waals surface area contributed by atoms with Gasteiger partial charge in [0.05, 0.1) is 10.7 Å². The van der Waals surface area contributed by atoms with Gasteiger partial charge in [0.25, 0.3) is 0 Å². The van der Waals surface area contributed by atoms with Crippen molar-refractivity contribution in [3.8, 4) is 17.0 Å². The molecule has 0 amide bonds. The van der Waals surface area contributed by atoms with E-state index in [9.17, 15) is 5.11 Å². The van der Waals surface area contributed by atoms with Crippen LogP contribution in [-0.2, 0) is 10.8 Å². The molecule has 2 rings (SSSR count). The first-order chi connectivity index (χ1) is 9.50. The molecule has 0 fully saturated rings. The lowest BCUT2D eigenvalue weighted by Crippen LogP contribution is -2.17. The normalized spacial score (nSPS) is 12.7. The molecule has 0 spiro atoms. The van der Waals surface area contributed by atoms with Crippen molar-refractivity contribution >= 4 is 11.3 Å². The van der Waals surface area contributed by atoms with E-state index in [1.54, 1.807) is 11.3 Å². The first-order valence-electron chi connectivity index (χ1n) is 7.16. The van der Waals surface area contributed by atoms with Gasteiger partial charge in [-0.05, 0) is 23.0 Å². The number of phenolic OH excluding ortho intramolecular Hbond substituents is 1. The number of nitrogens with zero attached hydrogens (tertiary/aromatic N) is 1.